The maximum Gasteiger partial charge on any atom is 0.122 e. The van der Waals surface area contributed by atoms with Crippen LogP contribution >= 0.6 is 0 Å². The molecule has 1 aromatic rings. The van der Waals surface area contributed by atoms with E-state index in [2.05, 4.69) is 37.0 Å². The quantitative estimate of drug-likeness (QED) is 0.775. The number of benzene rings is 1. The zero-order chi connectivity index (χ0) is 13.0. The van der Waals surface area contributed by atoms with Gasteiger partial charge in [-0.1, -0.05) is 24.3 Å². The largest absolute Gasteiger partial charge is 0.496 e. The predicted octanol–water partition coefficient (Wildman–Crippen LogP) is 3.50. The van der Waals surface area contributed by atoms with Crippen molar-refractivity contribution in [1.82, 2.24) is 5.32 Å². The lowest BCUT2D eigenvalue weighted by atomic mass is 9.75. The van der Waals surface area contributed by atoms with Crippen molar-refractivity contribution in [2.45, 2.75) is 44.2 Å². The number of rotatable bonds is 6. The summed E-state index contributed by atoms with van der Waals surface area (Å²) in [5.41, 5.74) is 1.36. The molecule has 1 saturated carbocycles. The average molecular weight is 245 g/mol. The van der Waals surface area contributed by atoms with Crippen molar-refractivity contribution in [2.75, 3.05) is 7.11 Å². The molecule has 1 N–H and O–H groups in total. The van der Waals surface area contributed by atoms with E-state index in [1.807, 2.05) is 12.1 Å². The van der Waals surface area contributed by atoms with Gasteiger partial charge >= 0.3 is 0 Å². The Morgan fingerprint density at radius 1 is 1.44 bits per heavy atom. The maximum atomic E-state index is 5.42. The lowest BCUT2D eigenvalue weighted by Crippen LogP contribution is -2.44. The van der Waals surface area contributed by atoms with Gasteiger partial charge in [0.2, 0.25) is 0 Å². The first-order valence-corrected chi connectivity index (χ1v) is 6.74. The maximum absolute atomic E-state index is 5.42. The molecule has 1 fully saturated rings. The van der Waals surface area contributed by atoms with Crippen molar-refractivity contribution in [3.8, 4) is 5.75 Å². The molecule has 2 rings (SSSR count). The second-order valence-electron chi connectivity index (χ2n) is 5.20. The predicted molar refractivity (Wildman–Crippen MR) is 76.2 cm³/mol. The third-order valence-electron chi connectivity index (χ3n) is 3.76. The molecule has 0 bridgehead atoms. The van der Waals surface area contributed by atoms with Gasteiger partial charge in [0.15, 0.2) is 0 Å². The Kier molecular flexibility index (Phi) is 4.43. The zero-order valence-corrected chi connectivity index (χ0v) is 11.4. The molecule has 0 spiro atoms. The number of para-hydroxylation sites is 1. The Bertz CT molecular complexity index is 396. The minimum absolute atomic E-state index is 0.533. The summed E-state index contributed by atoms with van der Waals surface area (Å²) in [5.74, 6) is 1.68. The summed E-state index contributed by atoms with van der Waals surface area (Å²) in [5, 5.41) is 3.64. The van der Waals surface area contributed by atoms with E-state index in [0.29, 0.717) is 18.0 Å². The highest BCUT2D eigenvalue weighted by Gasteiger charge is 2.32. The fraction of sp³-hybridized carbons (Fsp3) is 0.500. The van der Waals surface area contributed by atoms with Gasteiger partial charge in [-0.2, -0.15) is 0 Å². The van der Waals surface area contributed by atoms with E-state index in [0.717, 1.165) is 12.2 Å². The first-order chi connectivity index (χ1) is 8.74. The van der Waals surface area contributed by atoms with Gasteiger partial charge in [-0.05, 0) is 43.7 Å². The van der Waals surface area contributed by atoms with Crippen LogP contribution in [0, 0.1) is 0 Å². The number of nitrogens with one attached hydrogen (secondary N) is 1. The Balaban J connectivity index is 1.87. The molecule has 1 aliphatic carbocycles. The lowest BCUT2D eigenvalue weighted by molar-refractivity contribution is 0.264. The minimum Gasteiger partial charge on any atom is -0.496 e. The van der Waals surface area contributed by atoms with Crippen LogP contribution in [0.5, 0.6) is 5.75 Å². The molecule has 1 aliphatic rings. The Labute approximate surface area is 110 Å². The van der Waals surface area contributed by atoms with Crippen LogP contribution in [-0.4, -0.2) is 19.2 Å². The van der Waals surface area contributed by atoms with Crippen molar-refractivity contribution in [1.29, 1.82) is 0 Å². The third-order valence-corrected chi connectivity index (χ3v) is 3.76. The summed E-state index contributed by atoms with van der Waals surface area (Å²) in [6.45, 7) is 6.00. The summed E-state index contributed by atoms with van der Waals surface area (Å²) < 4.78 is 5.42. The van der Waals surface area contributed by atoms with Crippen molar-refractivity contribution in [3.63, 3.8) is 0 Å². The van der Waals surface area contributed by atoms with Crippen LogP contribution in [0.2, 0.25) is 0 Å². The number of hydrogen-bond acceptors (Lipinski definition) is 2. The molecule has 2 heteroatoms. The van der Waals surface area contributed by atoms with Gasteiger partial charge in [0.25, 0.3) is 0 Å². The Hall–Kier alpha value is -1.28. The SMILES string of the molecule is C=CCC(C)NC1CC(c2ccccc2OC)C1. The van der Waals surface area contributed by atoms with Crippen molar-refractivity contribution >= 4 is 0 Å². The number of methoxy groups -OCH3 is 1. The normalized spacial score (nSPS) is 24.1. The molecular weight excluding hydrogens is 222 g/mol. The summed E-state index contributed by atoms with van der Waals surface area (Å²) in [6, 6.07) is 9.55. The molecule has 18 heavy (non-hydrogen) atoms. The molecule has 0 aliphatic heterocycles. The van der Waals surface area contributed by atoms with Crippen molar-refractivity contribution in [2.24, 2.45) is 0 Å². The molecule has 1 unspecified atom stereocenters. The summed E-state index contributed by atoms with van der Waals surface area (Å²) in [4.78, 5) is 0. The second-order valence-corrected chi connectivity index (χ2v) is 5.20. The summed E-state index contributed by atoms with van der Waals surface area (Å²) >= 11 is 0. The Morgan fingerprint density at radius 3 is 2.83 bits per heavy atom. The fourth-order valence-corrected chi connectivity index (χ4v) is 2.73. The molecule has 0 radical (unpaired) electrons. The van der Waals surface area contributed by atoms with Crippen LogP contribution in [-0.2, 0) is 0 Å². The van der Waals surface area contributed by atoms with Crippen LogP contribution in [0.3, 0.4) is 0 Å². The van der Waals surface area contributed by atoms with Gasteiger partial charge in [-0.15, -0.1) is 6.58 Å². The molecule has 0 amide bonds. The zero-order valence-electron chi connectivity index (χ0n) is 11.4. The molecule has 2 nitrogen and oxygen atoms in total. The fourth-order valence-electron chi connectivity index (χ4n) is 2.73. The molecule has 1 atom stereocenters. The van der Waals surface area contributed by atoms with Gasteiger partial charge in [-0.3, -0.25) is 0 Å². The van der Waals surface area contributed by atoms with Crippen LogP contribution in [0.4, 0.5) is 0 Å². The lowest BCUT2D eigenvalue weighted by Gasteiger charge is -2.38. The highest BCUT2D eigenvalue weighted by atomic mass is 16.5. The molecule has 98 valence electrons. The van der Waals surface area contributed by atoms with Gasteiger partial charge in [-0.25, -0.2) is 0 Å². The smallest absolute Gasteiger partial charge is 0.122 e. The monoisotopic (exact) mass is 245 g/mol. The Morgan fingerprint density at radius 2 is 2.17 bits per heavy atom. The topological polar surface area (TPSA) is 21.3 Å². The van der Waals surface area contributed by atoms with Crippen molar-refractivity contribution < 1.29 is 4.74 Å². The first-order valence-electron chi connectivity index (χ1n) is 6.74. The minimum atomic E-state index is 0.533. The third kappa shape index (κ3) is 2.94. The standard InChI is InChI=1S/C16H23NO/c1-4-7-12(2)17-14-10-13(11-14)15-8-5-6-9-16(15)18-3/h4-6,8-9,12-14,17H,1,7,10-11H2,2-3H3. The van der Waals surface area contributed by atoms with Gasteiger partial charge in [0.05, 0.1) is 7.11 Å². The van der Waals surface area contributed by atoms with Gasteiger partial charge in [0.1, 0.15) is 5.75 Å². The molecule has 1 aromatic carbocycles. The summed E-state index contributed by atoms with van der Waals surface area (Å²) in [7, 11) is 1.75. The molecule has 0 saturated heterocycles. The first kappa shape index (κ1) is 13.2. The van der Waals surface area contributed by atoms with E-state index in [9.17, 15) is 0 Å². The molecule has 0 heterocycles. The molecule has 0 aromatic heterocycles. The van der Waals surface area contributed by atoms with Crippen LogP contribution in [0.15, 0.2) is 36.9 Å². The van der Waals surface area contributed by atoms with E-state index < -0.39 is 0 Å². The van der Waals surface area contributed by atoms with Crippen LogP contribution in [0.25, 0.3) is 0 Å². The van der Waals surface area contributed by atoms with Crippen LogP contribution < -0.4 is 10.1 Å². The van der Waals surface area contributed by atoms with Crippen molar-refractivity contribution in [3.05, 3.63) is 42.5 Å². The van der Waals surface area contributed by atoms with E-state index in [1.165, 1.54) is 18.4 Å². The highest BCUT2D eigenvalue weighted by molar-refractivity contribution is 5.37. The van der Waals surface area contributed by atoms with E-state index in [-0.39, 0.29) is 0 Å². The average Bonchev–Trinajstić information content (AvgIpc) is 2.33. The second kappa shape index (κ2) is 6.05. The van der Waals surface area contributed by atoms with E-state index in [1.54, 1.807) is 7.11 Å². The molecular formula is C16H23NO. The van der Waals surface area contributed by atoms with Gasteiger partial charge in [0, 0.05) is 12.1 Å². The van der Waals surface area contributed by atoms with Gasteiger partial charge < -0.3 is 10.1 Å². The van der Waals surface area contributed by atoms with E-state index >= 15 is 0 Å². The number of hydrogen-bond donors (Lipinski definition) is 1. The van der Waals surface area contributed by atoms with Crippen LogP contribution in [0.1, 0.15) is 37.7 Å². The summed E-state index contributed by atoms with van der Waals surface area (Å²) in [6.07, 6.45) is 5.44. The van der Waals surface area contributed by atoms with E-state index in [4.69, 9.17) is 4.74 Å². The highest BCUT2D eigenvalue weighted by Crippen LogP contribution is 2.41. The number of ether oxygens (including phenoxy) is 1.